The quantitative estimate of drug-likeness (QED) is 0.0902. The number of hydrogen-bond acceptors (Lipinski definition) is 7. The third kappa shape index (κ3) is 7.48. The van der Waals surface area contributed by atoms with E-state index >= 15 is 0 Å². The zero-order chi connectivity index (χ0) is 34.7. The number of anilines is 1. The predicted molar refractivity (Wildman–Crippen MR) is 195 cm³/mol. The van der Waals surface area contributed by atoms with Crippen molar-refractivity contribution in [3.63, 3.8) is 0 Å². The Morgan fingerprint density at radius 2 is 1.77 bits per heavy atom. The van der Waals surface area contributed by atoms with Gasteiger partial charge in [-0.15, -0.1) is 0 Å². The van der Waals surface area contributed by atoms with Crippen molar-refractivity contribution < 1.29 is 22.5 Å². The third-order valence-corrected chi connectivity index (χ3v) is 13.2. The lowest BCUT2D eigenvalue weighted by molar-refractivity contribution is -0.131. The van der Waals surface area contributed by atoms with Gasteiger partial charge in [0.1, 0.15) is 18.1 Å². The highest BCUT2D eigenvalue weighted by Gasteiger charge is 2.49. The second kappa shape index (κ2) is 14.7. The van der Waals surface area contributed by atoms with E-state index < -0.39 is 23.6 Å². The number of nitrogens with zero attached hydrogens (tertiary/aromatic N) is 4. The van der Waals surface area contributed by atoms with Gasteiger partial charge in [-0.05, 0) is 68.3 Å². The topological polar surface area (TPSA) is 105 Å². The molecule has 260 valence electrons. The first-order valence-corrected chi connectivity index (χ1v) is 22.6. The molecule has 1 aliphatic heterocycles. The van der Waals surface area contributed by atoms with Crippen LogP contribution < -0.4 is 4.31 Å². The maximum absolute atomic E-state index is 14.6. The van der Waals surface area contributed by atoms with Crippen molar-refractivity contribution >= 4 is 35.7 Å². The molecule has 0 unspecified atom stereocenters. The number of ether oxygens (including phenoxy) is 1. The van der Waals surface area contributed by atoms with Crippen LogP contribution in [0.3, 0.4) is 0 Å². The van der Waals surface area contributed by atoms with Crippen LogP contribution in [0.4, 0.5) is 5.88 Å². The minimum Gasteiger partial charge on any atom is -0.360 e. The molecule has 0 radical (unpaired) electrons. The summed E-state index contributed by atoms with van der Waals surface area (Å²) in [6, 6.07) is 14.1. The normalized spacial score (nSPS) is 16.3. The molecular formula is C37H52N4O5SSi. The molecule has 0 saturated heterocycles. The highest BCUT2D eigenvalue weighted by Crippen LogP contribution is 2.41. The minimum atomic E-state index is -4.13. The molecular weight excluding hydrogens is 641 g/mol. The number of carbonyl (C=O) groups is 1. The van der Waals surface area contributed by atoms with E-state index in [0.29, 0.717) is 36.4 Å². The molecule has 11 heteroatoms. The van der Waals surface area contributed by atoms with Crippen LogP contribution in [0.15, 0.2) is 56.9 Å². The second-order valence-electron chi connectivity index (χ2n) is 14.5. The van der Waals surface area contributed by atoms with Crippen molar-refractivity contribution in [2.24, 2.45) is 4.99 Å². The number of benzene rings is 2. The van der Waals surface area contributed by atoms with E-state index in [1.807, 2.05) is 36.1 Å². The van der Waals surface area contributed by atoms with Crippen LogP contribution in [0.25, 0.3) is 11.1 Å². The smallest absolute Gasteiger partial charge is 0.269 e. The van der Waals surface area contributed by atoms with Crippen LogP contribution >= 0.6 is 0 Å². The van der Waals surface area contributed by atoms with Gasteiger partial charge >= 0.3 is 0 Å². The lowest BCUT2D eigenvalue weighted by Gasteiger charge is -2.25. The number of carbonyl (C=O) groups excluding carboxylic acids is 1. The Bertz CT molecular complexity index is 1750. The largest absolute Gasteiger partial charge is 0.360 e. The molecule has 1 aliphatic carbocycles. The molecule has 1 saturated carbocycles. The fourth-order valence-corrected chi connectivity index (χ4v) is 8.92. The second-order valence-corrected chi connectivity index (χ2v) is 22.0. The zero-order valence-corrected chi connectivity index (χ0v) is 31.6. The number of aromatic nitrogens is 1. The number of hydrogen-bond donors (Lipinski definition) is 0. The summed E-state index contributed by atoms with van der Waals surface area (Å²) in [6.07, 6.45) is 7.27. The number of aryl methyl sites for hydroxylation is 2. The van der Waals surface area contributed by atoms with Crippen LogP contribution in [0.2, 0.25) is 25.7 Å². The van der Waals surface area contributed by atoms with E-state index in [4.69, 9.17) is 14.3 Å². The minimum absolute atomic E-state index is 0.134. The van der Waals surface area contributed by atoms with Crippen LogP contribution in [0.5, 0.6) is 0 Å². The molecule has 1 aromatic heterocycles. The van der Waals surface area contributed by atoms with Crippen LogP contribution in [-0.4, -0.2) is 57.2 Å². The van der Waals surface area contributed by atoms with Crippen LogP contribution in [0, 0.1) is 13.8 Å². The molecule has 2 aliphatic rings. The average molecular weight is 693 g/mol. The third-order valence-electron chi connectivity index (χ3n) is 9.68. The maximum atomic E-state index is 14.6. The molecule has 9 nitrogen and oxygen atoms in total. The molecule has 1 spiro atoms. The number of sulfonamides is 1. The highest BCUT2D eigenvalue weighted by molar-refractivity contribution is 7.93. The van der Waals surface area contributed by atoms with Gasteiger partial charge in [-0.3, -0.25) is 14.7 Å². The maximum Gasteiger partial charge on any atom is 0.269 e. The SMILES string of the molecule is CCCCC1=NC2(CCCC2)C(=O)N1Cc1ccc(-c2ccccc2S(=O)(=O)N(COCC[Si](C)(C)C)c2onc(C)c2C)c(CC)c1. The summed E-state index contributed by atoms with van der Waals surface area (Å²) in [7, 11) is -5.52. The summed E-state index contributed by atoms with van der Waals surface area (Å²) < 4.78 is 41.9. The van der Waals surface area contributed by atoms with E-state index in [0.717, 1.165) is 73.5 Å². The van der Waals surface area contributed by atoms with Gasteiger partial charge < -0.3 is 9.26 Å². The van der Waals surface area contributed by atoms with Crippen molar-refractivity contribution in [2.45, 2.75) is 122 Å². The monoisotopic (exact) mass is 692 g/mol. The molecule has 2 aromatic carbocycles. The summed E-state index contributed by atoms with van der Waals surface area (Å²) >= 11 is 0. The van der Waals surface area contributed by atoms with Crippen LogP contribution in [0.1, 0.15) is 81.2 Å². The lowest BCUT2D eigenvalue weighted by Crippen LogP contribution is -2.40. The number of aliphatic imine (C=N–C) groups is 1. The molecule has 48 heavy (non-hydrogen) atoms. The zero-order valence-electron chi connectivity index (χ0n) is 29.8. The van der Waals surface area contributed by atoms with Gasteiger partial charge in [-0.25, -0.2) is 12.7 Å². The van der Waals surface area contributed by atoms with E-state index in [9.17, 15) is 13.2 Å². The van der Waals surface area contributed by atoms with Gasteiger partial charge in [0.15, 0.2) is 0 Å². The molecule has 5 rings (SSSR count). The van der Waals surface area contributed by atoms with Crippen molar-refractivity contribution in [3.8, 4) is 11.1 Å². The molecule has 1 amide bonds. The van der Waals surface area contributed by atoms with Crippen LogP contribution in [-0.2, 0) is 32.5 Å². The lowest BCUT2D eigenvalue weighted by atomic mass is 9.95. The van der Waals surface area contributed by atoms with Gasteiger partial charge in [0, 0.05) is 32.2 Å². The Kier molecular flexibility index (Phi) is 11.0. The predicted octanol–water partition coefficient (Wildman–Crippen LogP) is 8.27. The first-order valence-electron chi connectivity index (χ1n) is 17.5. The number of amides is 1. The molecule has 0 bridgehead atoms. The van der Waals surface area contributed by atoms with Gasteiger partial charge in [0.05, 0.1) is 17.1 Å². The van der Waals surface area contributed by atoms with Gasteiger partial charge in [0.25, 0.3) is 15.9 Å². The fourth-order valence-electron chi connectivity index (χ4n) is 6.61. The summed E-state index contributed by atoms with van der Waals surface area (Å²) in [4.78, 5) is 20.9. The highest BCUT2D eigenvalue weighted by atomic mass is 32.2. The van der Waals surface area contributed by atoms with E-state index in [1.54, 1.807) is 19.1 Å². The van der Waals surface area contributed by atoms with Crippen molar-refractivity contribution in [1.82, 2.24) is 10.1 Å². The Morgan fingerprint density at radius 3 is 2.42 bits per heavy atom. The van der Waals surface area contributed by atoms with Gasteiger partial charge in [0.2, 0.25) is 5.88 Å². The van der Waals surface area contributed by atoms with Crippen molar-refractivity contribution in [1.29, 1.82) is 0 Å². The first-order chi connectivity index (χ1) is 22.8. The Hall–Kier alpha value is -3.28. The molecule has 1 fully saturated rings. The Balaban J connectivity index is 1.47. The number of rotatable bonds is 15. The average Bonchev–Trinajstić information content (AvgIpc) is 3.74. The number of amidine groups is 1. The number of unbranched alkanes of at least 4 members (excludes halogenated alkanes) is 1. The fraction of sp³-hybridized carbons (Fsp3) is 0.541. The van der Waals surface area contributed by atoms with E-state index in [-0.39, 0.29) is 23.4 Å². The van der Waals surface area contributed by atoms with Gasteiger partial charge in [-0.2, -0.15) is 0 Å². The Morgan fingerprint density at radius 1 is 1.04 bits per heavy atom. The van der Waals surface area contributed by atoms with Crippen molar-refractivity contribution in [2.75, 3.05) is 17.6 Å². The van der Waals surface area contributed by atoms with E-state index in [1.165, 1.54) is 4.31 Å². The summed E-state index contributed by atoms with van der Waals surface area (Å²) in [5.74, 6) is 1.21. The Labute approximate surface area is 287 Å². The van der Waals surface area contributed by atoms with Crippen molar-refractivity contribution in [3.05, 3.63) is 64.8 Å². The standard InChI is InChI=1S/C37H52N4O5SSi/c1-8-10-17-34-38-37(20-13-14-21-37)36(42)40(34)25-29-18-19-31(30(9-2)24-29)32-15-11-12-16-33(32)47(43,44)41(26-45-22-23-48(5,6)7)35-27(3)28(4)39-46-35/h11-12,15-16,18-19,24H,8-10,13-14,17,20-23,25-26H2,1-7H3. The molecule has 0 atom stereocenters. The van der Waals surface area contributed by atoms with E-state index in [2.05, 4.69) is 44.7 Å². The molecule has 3 aromatic rings. The summed E-state index contributed by atoms with van der Waals surface area (Å²) in [5.41, 5.74) is 4.17. The first kappa shape index (κ1) is 36.0. The summed E-state index contributed by atoms with van der Waals surface area (Å²) in [5, 5.41) is 4.06. The molecule has 0 N–H and O–H groups in total. The van der Waals surface area contributed by atoms with Gasteiger partial charge in [-0.1, -0.05) is 94.3 Å². The molecule has 2 heterocycles. The summed E-state index contributed by atoms with van der Waals surface area (Å²) in [6.45, 7) is 15.4.